The number of hydrogen-bond acceptors (Lipinski definition) is 2. The summed E-state index contributed by atoms with van der Waals surface area (Å²) in [5.41, 5.74) is 3.02. The topological polar surface area (TPSA) is 45.8 Å². The van der Waals surface area contributed by atoms with E-state index < -0.39 is 0 Å². The molecule has 0 aliphatic rings. The molecule has 0 radical (unpaired) electrons. The van der Waals surface area contributed by atoms with Gasteiger partial charge in [-0.1, -0.05) is 0 Å². The number of aromatic amines is 1. The minimum Gasteiger partial charge on any atom is -0.320 e. The van der Waals surface area contributed by atoms with E-state index in [9.17, 15) is 4.79 Å². The van der Waals surface area contributed by atoms with Crippen LogP contribution in [0, 0.1) is 6.92 Å². The Bertz CT molecular complexity index is 533. The van der Waals surface area contributed by atoms with E-state index in [1.165, 1.54) is 0 Å². The van der Waals surface area contributed by atoms with Crippen LogP contribution in [0.1, 0.15) is 11.1 Å². The number of aromatic nitrogens is 2. The number of alkyl halides is 1. The molecule has 0 spiro atoms. The second kappa shape index (κ2) is 3.42. The molecule has 4 heteroatoms. The summed E-state index contributed by atoms with van der Waals surface area (Å²) < 4.78 is 0. The van der Waals surface area contributed by atoms with Crippen molar-refractivity contribution >= 4 is 22.6 Å². The molecule has 2 aromatic rings. The van der Waals surface area contributed by atoms with E-state index >= 15 is 0 Å². The zero-order valence-corrected chi connectivity index (χ0v) is 8.43. The molecule has 2 aromatic heterocycles. The maximum atomic E-state index is 11.3. The lowest BCUT2D eigenvalue weighted by Crippen LogP contribution is -2.09. The second-order valence-electron chi connectivity index (χ2n) is 3.19. The van der Waals surface area contributed by atoms with Crippen molar-refractivity contribution in [3.05, 3.63) is 39.8 Å². The van der Waals surface area contributed by atoms with Gasteiger partial charge in [-0.05, 0) is 24.6 Å². The summed E-state index contributed by atoms with van der Waals surface area (Å²) in [6, 6.07) is 3.61. The molecule has 2 heterocycles. The first kappa shape index (κ1) is 9.21. The summed E-state index contributed by atoms with van der Waals surface area (Å²) in [7, 11) is 0. The molecular weight excluding hydrogens is 200 g/mol. The minimum absolute atomic E-state index is 0.0778. The average Bonchev–Trinajstić information content (AvgIpc) is 2.19. The highest BCUT2D eigenvalue weighted by molar-refractivity contribution is 6.17. The molecule has 72 valence electrons. The molecule has 0 saturated carbocycles. The standard InChI is InChI=1S/C10H9ClN2O/c1-6-2-8-9(13-10(6)14)3-7(4-11)5-12-8/h2-3,5H,4H2,1H3,(H,13,14). The van der Waals surface area contributed by atoms with Gasteiger partial charge in [0.2, 0.25) is 0 Å². The Labute approximate surface area is 85.7 Å². The molecule has 2 rings (SSSR count). The zero-order valence-electron chi connectivity index (χ0n) is 7.67. The minimum atomic E-state index is -0.0778. The van der Waals surface area contributed by atoms with Gasteiger partial charge in [0, 0.05) is 17.6 Å². The molecule has 0 amide bonds. The summed E-state index contributed by atoms with van der Waals surface area (Å²) in [4.78, 5) is 18.3. The van der Waals surface area contributed by atoms with E-state index in [1.807, 2.05) is 6.07 Å². The quantitative estimate of drug-likeness (QED) is 0.729. The van der Waals surface area contributed by atoms with E-state index in [1.54, 1.807) is 19.2 Å². The Kier molecular flexibility index (Phi) is 2.25. The maximum absolute atomic E-state index is 11.3. The number of rotatable bonds is 1. The Morgan fingerprint density at radius 3 is 3.00 bits per heavy atom. The molecule has 0 aliphatic carbocycles. The number of hydrogen-bond donors (Lipinski definition) is 1. The Hall–Kier alpha value is -1.35. The van der Waals surface area contributed by atoms with Crippen LogP contribution in [0.2, 0.25) is 0 Å². The van der Waals surface area contributed by atoms with Gasteiger partial charge >= 0.3 is 0 Å². The Morgan fingerprint density at radius 1 is 1.50 bits per heavy atom. The van der Waals surface area contributed by atoms with Crippen molar-refractivity contribution in [1.82, 2.24) is 9.97 Å². The van der Waals surface area contributed by atoms with Gasteiger partial charge in [0.1, 0.15) is 0 Å². The fourth-order valence-corrected chi connectivity index (χ4v) is 1.44. The van der Waals surface area contributed by atoms with Crippen molar-refractivity contribution in [2.24, 2.45) is 0 Å². The average molecular weight is 209 g/mol. The fraction of sp³-hybridized carbons (Fsp3) is 0.200. The van der Waals surface area contributed by atoms with Gasteiger partial charge in [-0.3, -0.25) is 9.78 Å². The number of nitrogens with zero attached hydrogens (tertiary/aromatic N) is 1. The normalized spacial score (nSPS) is 10.7. The molecule has 3 nitrogen and oxygen atoms in total. The molecular formula is C10H9ClN2O. The summed E-state index contributed by atoms with van der Waals surface area (Å²) in [6.45, 7) is 1.76. The van der Waals surface area contributed by atoms with Gasteiger partial charge < -0.3 is 4.98 Å². The van der Waals surface area contributed by atoms with Gasteiger partial charge in [0.15, 0.2) is 0 Å². The van der Waals surface area contributed by atoms with Gasteiger partial charge in [0.25, 0.3) is 5.56 Å². The largest absolute Gasteiger partial charge is 0.320 e. The molecule has 1 N–H and O–H groups in total. The third-order valence-corrected chi connectivity index (χ3v) is 2.40. The lowest BCUT2D eigenvalue weighted by Gasteiger charge is -2.00. The molecule has 0 bridgehead atoms. The van der Waals surface area contributed by atoms with Crippen LogP contribution in [0.5, 0.6) is 0 Å². The first-order chi connectivity index (χ1) is 6.70. The third kappa shape index (κ3) is 1.51. The van der Waals surface area contributed by atoms with Gasteiger partial charge in [-0.15, -0.1) is 11.6 Å². The molecule has 0 saturated heterocycles. The third-order valence-electron chi connectivity index (χ3n) is 2.09. The van der Waals surface area contributed by atoms with Crippen LogP contribution in [0.4, 0.5) is 0 Å². The van der Waals surface area contributed by atoms with Crippen LogP contribution in [0.25, 0.3) is 11.0 Å². The monoisotopic (exact) mass is 208 g/mol. The van der Waals surface area contributed by atoms with Crippen molar-refractivity contribution in [1.29, 1.82) is 0 Å². The highest BCUT2D eigenvalue weighted by atomic mass is 35.5. The lowest BCUT2D eigenvalue weighted by atomic mass is 10.2. The number of nitrogens with one attached hydrogen (secondary N) is 1. The second-order valence-corrected chi connectivity index (χ2v) is 3.46. The summed E-state index contributed by atoms with van der Waals surface area (Å²) in [5.74, 6) is 0.402. The predicted molar refractivity (Wildman–Crippen MR) is 56.7 cm³/mol. The first-order valence-electron chi connectivity index (χ1n) is 4.25. The number of fused-ring (bicyclic) bond motifs is 1. The number of pyridine rings is 2. The molecule has 0 fully saturated rings. The highest BCUT2D eigenvalue weighted by Gasteiger charge is 2.00. The molecule has 14 heavy (non-hydrogen) atoms. The smallest absolute Gasteiger partial charge is 0.251 e. The highest BCUT2D eigenvalue weighted by Crippen LogP contribution is 2.11. The van der Waals surface area contributed by atoms with Crippen LogP contribution in [-0.4, -0.2) is 9.97 Å². The molecule has 0 unspecified atom stereocenters. The Morgan fingerprint density at radius 2 is 2.29 bits per heavy atom. The van der Waals surface area contributed by atoms with Crippen LogP contribution >= 0.6 is 11.6 Å². The van der Waals surface area contributed by atoms with Crippen molar-refractivity contribution in [2.75, 3.05) is 0 Å². The van der Waals surface area contributed by atoms with Crippen molar-refractivity contribution in [3.63, 3.8) is 0 Å². The van der Waals surface area contributed by atoms with E-state index in [0.29, 0.717) is 11.4 Å². The zero-order chi connectivity index (χ0) is 10.1. The van der Waals surface area contributed by atoms with E-state index in [4.69, 9.17) is 11.6 Å². The van der Waals surface area contributed by atoms with E-state index in [0.717, 1.165) is 16.6 Å². The summed E-state index contributed by atoms with van der Waals surface area (Å²) in [5, 5.41) is 0. The van der Waals surface area contributed by atoms with Crippen LogP contribution < -0.4 is 5.56 Å². The number of aryl methyl sites for hydroxylation is 1. The van der Waals surface area contributed by atoms with Crippen molar-refractivity contribution < 1.29 is 0 Å². The first-order valence-corrected chi connectivity index (χ1v) is 4.78. The van der Waals surface area contributed by atoms with Gasteiger partial charge in [-0.2, -0.15) is 0 Å². The lowest BCUT2D eigenvalue weighted by molar-refractivity contribution is 1.20. The predicted octanol–water partition coefficient (Wildman–Crippen LogP) is 1.97. The van der Waals surface area contributed by atoms with Crippen LogP contribution in [-0.2, 0) is 5.88 Å². The van der Waals surface area contributed by atoms with Crippen LogP contribution in [0.3, 0.4) is 0 Å². The molecule has 0 atom stereocenters. The van der Waals surface area contributed by atoms with Crippen molar-refractivity contribution in [3.8, 4) is 0 Å². The summed E-state index contributed by atoms with van der Waals surface area (Å²) in [6.07, 6.45) is 1.72. The van der Waals surface area contributed by atoms with Crippen LogP contribution in [0.15, 0.2) is 23.1 Å². The van der Waals surface area contributed by atoms with Crippen molar-refractivity contribution in [2.45, 2.75) is 12.8 Å². The number of H-pyrrole nitrogens is 1. The van der Waals surface area contributed by atoms with E-state index in [2.05, 4.69) is 9.97 Å². The van der Waals surface area contributed by atoms with Gasteiger partial charge in [-0.25, -0.2) is 0 Å². The summed E-state index contributed by atoms with van der Waals surface area (Å²) >= 11 is 5.67. The molecule has 0 aromatic carbocycles. The molecule has 0 aliphatic heterocycles. The fourth-order valence-electron chi connectivity index (χ4n) is 1.30. The van der Waals surface area contributed by atoms with Gasteiger partial charge in [0.05, 0.1) is 11.0 Å². The SMILES string of the molecule is Cc1cc2ncc(CCl)cc2[nH]c1=O. The van der Waals surface area contributed by atoms with E-state index in [-0.39, 0.29) is 5.56 Å². The Balaban J connectivity index is 2.77. The number of halogens is 1. The maximum Gasteiger partial charge on any atom is 0.251 e.